The number of benzene rings is 1. The third-order valence-corrected chi connectivity index (χ3v) is 4.41. The van der Waals surface area contributed by atoms with Gasteiger partial charge in [0.05, 0.1) is 5.56 Å². The lowest BCUT2D eigenvalue weighted by atomic mass is 10.0. The molecule has 0 radical (unpaired) electrons. The van der Waals surface area contributed by atoms with Gasteiger partial charge in [0.15, 0.2) is 0 Å². The summed E-state index contributed by atoms with van der Waals surface area (Å²) in [5.41, 5.74) is 0.00972. The molecule has 17 heavy (non-hydrogen) atoms. The average molecular weight is 254 g/mol. The standard InChI is InChI=1S/C13H15FO2S/c14-11-8-9(13(15)16)6-7-12(11)17-10-4-2-1-3-5-10/h6-8,10H,1-5H2,(H,15,16). The summed E-state index contributed by atoms with van der Waals surface area (Å²) in [6.45, 7) is 0. The van der Waals surface area contributed by atoms with Crippen LogP contribution in [0.25, 0.3) is 0 Å². The van der Waals surface area contributed by atoms with E-state index in [0.717, 1.165) is 18.9 Å². The molecule has 1 fully saturated rings. The van der Waals surface area contributed by atoms with Crippen LogP contribution in [-0.2, 0) is 0 Å². The second-order valence-corrected chi connectivity index (χ2v) is 5.67. The number of hydrogen-bond acceptors (Lipinski definition) is 2. The molecule has 0 heterocycles. The van der Waals surface area contributed by atoms with E-state index in [1.807, 2.05) is 0 Å². The van der Waals surface area contributed by atoms with Crippen LogP contribution in [0.5, 0.6) is 0 Å². The first-order valence-corrected chi connectivity index (χ1v) is 6.74. The Hall–Kier alpha value is -1.03. The Morgan fingerprint density at radius 1 is 1.29 bits per heavy atom. The Kier molecular flexibility index (Phi) is 4.05. The third kappa shape index (κ3) is 3.22. The normalized spacial score (nSPS) is 17.0. The first-order chi connectivity index (χ1) is 8.16. The summed E-state index contributed by atoms with van der Waals surface area (Å²) in [7, 11) is 0. The van der Waals surface area contributed by atoms with Crippen LogP contribution in [-0.4, -0.2) is 16.3 Å². The molecule has 1 N–H and O–H groups in total. The van der Waals surface area contributed by atoms with E-state index < -0.39 is 11.8 Å². The molecular formula is C13H15FO2S. The fourth-order valence-corrected chi connectivity index (χ4v) is 3.34. The quantitative estimate of drug-likeness (QED) is 0.887. The molecule has 1 aliphatic rings. The van der Waals surface area contributed by atoms with E-state index in [9.17, 15) is 9.18 Å². The van der Waals surface area contributed by atoms with Gasteiger partial charge in [-0.2, -0.15) is 0 Å². The molecule has 2 nitrogen and oxygen atoms in total. The van der Waals surface area contributed by atoms with Crippen molar-refractivity contribution < 1.29 is 14.3 Å². The number of hydrogen-bond donors (Lipinski definition) is 1. The highest BCUT2D eigenvalue weighted by atomic mass is 32.2. The van der Waals surface area contributed by atoms with Crippen molar-refractivity contribution in [1.82, 2.24) is 0 Å². The maximum atomic E-state index is 13.7. The van der Waals surface area contributed by atoms with Gasteiger partial charge in [-0.1, -0.05) is 19.3 Å². The highest BCUT2D eigenvalue weighted by Gasteiger charge is 2.17. The zero-order valence-electron chi connectivity index (χ0n) is 9.49. The zero-order chi connectivity index (χ0) is 12.3. The number of carboxylic acid groups (broad SMARTS) is 1. The van der Waals surface area contributed by atoms with E-state index in [4.69, 9.17) is 5.11 Å². The van der Waals surface area contributed by atoms with E-state index in [0.29, 0.717) is 10.1 Å². The molecule has 92 valence electrons. The summed E-state index contributed by atoms with van der Waals surface area (Å²) in [6, 6.07) is 4.15. The average Bonchev–Trinajstić information content (AvgIpc) is 2.33. The summed E-state index contributed by atoms with van der Waals surface area (Å²) in [5, 5.41) is 9.23. The number of carboxylic acids is 1. The summed E-state index contributed by atoms with van der Waals surface area (Å²) < 4.78 is 13.7. The van der Waals surface area contributed by atoms with Gasteiger partial charge in [-0.15, -0.1) is 11.8 Å². The Balaban J connectivity index is 2.08. The third-order valence-electron chi connectivity index (χ3n) is 3.02. The van der Waals surface area contributed by atoms with Gasteiger partial charge < -0.3 is 5.11 Å². The summed E-state index contributed by atoms with van der Waals surface area (Å²) >= 11 is 1.54. The van der Waals surface area contributed by atoms with Crippen LogP contribution in [0.1, 0.15) is 42.5 Å². The van der Waals surface area contributed by atoms with E-state index in [1.165, 1.54) is 25.3 Å². The molecule has 4 heteroatoms. The lowest BCUT2D eigenvalue weighted by molar-refractivity contribution is 0.0696. The minimum absolute atomic E-state index is 0.00972. The van der Waals surface area contributed by atoms with Gasteiger partial charge in [0, 0.05) is 10.1 Å². The van der Waals surface area contributed by atoms with Gasteiger partial charge in [-0.05, 0) is 31.0 Å². The molecule has 1 aliphatic carbocycles. The van der Waals surface area contributed by atoms with Crippen molar-refractivity contribution in [3.63, 3.8) is 0 Å². The molecule has 0 spiro atoms. The number of thioether (sulfide) groups is 1. The Labute approximate surface area is 104 Å². The molecule has 0 aromatic heterocycles. The topological polar surface area (TPSA) is 37.3 Å². The van der Waals surface area contributed by atoms with Crippen LogP contribution in [0.15, 0.2) is 23.1 Å². The highest BCUT2D eigenvalue weighted by Crippen LogP contribution is 2.34. The number of rotatable bonds is 3. The van der Waals surface area contributed by atoms with Crippen LogP contribution in [0, 0.1) is 5.82 Å². The van der Waals surface area contributed by atoms with Gasteiger partial charge >= 0.3 is 5.97 Å². The zero-order valence-corrected chi connectivity index (χ0v) is 10.3. The molecular weight excluding hydrogens is 239 g/mol. The number of carbonyl (C=O) groups is 1. The van der Waals surface area contributed by atoms with Crippen molar-refractivity contribution in [3.05, 3.63) is 29.6 Å². The maximum absolute atomic E-state index is 13.7. The Bertz CT molecular complexity index is 414. The predicted molar refractivity (Wildman–Crippen MR) is 66.1 cm³/mol. The summed E-state index contributed by atoms with van der Waals surface area (Å²) in [5.74, 6) is -1.50. The first kappa shape index (κ1) is 12.4. The van der Waals surface area contributed by atoms with Crippen molar-refractivity contribution in [3.8, 4) is 0 Å². The molecule has 0 unspecified atom stereocenters. The van der Waals surface area contributed by atoms with Crippen molar-refractivity contribution in [1.29, 1.82) is 0 Å². The van der Waals surface area contributed by atoms with Gasteiger partial charge in [-0.3, -0.25) is 0 Å². The minimum atomic E-state index is -1.09. The highest BCUT2D eigenvalue weighted by molar-refractivity contribution is 8.00. The fraction of sp³-hybridized carbons (Fsp3) is 0.462. The molecule has 1 aromatic carbocycles. The fourth-order valence-electron chi connectivity index (χ4n) is 2.09. The largest absolute Gasteiger partial charge is 0.478 e. The second kappa shape index (κ2) is 5.54. The van der Waals surface area contributed by atoms with Gasteiger partial charge in [0.2, 0.25) is 0 Å². The molecule has 0 atom stereocenters. The molecule has 0 saturated heterocycles. The van der Waals surface area contributed by atoms with Crippen molar-refractivity contribution >= 4 is 17.7 Å². The summed E-state index contributed by atoms with van der Waals surface area (Å²) in [4.78, 5) is 11.3. The molecule has 0 amide bonds. The predicted octanol–water partition coefficient (Wildman–Crippen LogP) is 3.95. The van der Waals surface area contributed by atoms with Crippen LogP contribution < -0.4 is 0 Å². The van der Waals surface area contributed by atoms with E-state index in [2.05, 4.69) is 0 Å². The van der Waals surface area contributed by atoms with E-state index in [1.54, 1.807) is 17.8 Å². The lowest BCUT2D eigenvalue weighted by Gasteiger charge is -2.21. The number of aromatic carboxylic acids is 1. The van der Waals surface area contributed by atoms with Crippen LogP contribution >= 0.6 is 11.8 Å². The van der Waals surface area contributed by atoms with E-state index in [-0.39, 0.29) is 5.56 Å². The minimum Gasteiger partial charge on any atom is -0.478 e. The molecule has 1 aromatic rings. The molecule has 2 rings (SSSR count). The molecule has 1 saturated carbocycles. The van der Waals surface area contributed by atoms with Crippen molar-refractivity contribution in [2.45, 2.75) is 42.2 Å². The Morgan fingerprint density at radius 2 is 2.00 bits per heavy atom. The van der Waals surface area contributed by atoms with Crippen LogP contribution in [0.3, 0.4) is 0 Å². The lowest BCUT2D eigenvalue weighted by Crippen LogP contribution is -2.08. The smallest absolute Gasteiger partial charge is 0.335 e. The molecule has 0 aliphatic heterocycles. The van der Waals surface area contributed by atoms with Gasteiger partial charge in [0.1, 0.15) is 5.82 Å². The van der Waals surface area contributed by atoms with Crippen molar-refractivity contribution in [2.75, 3.05) is 0 Å². The van der Waals surface area contributed by atoms with Crippen molar-refractivity contribution in [2.24, 2.45) is 0 Å². The summed E-state index contributed by atoms with van der Waals surface area (Å²) in [6.07, 6.45) is 5.96. The van der Waals surface area contributed by atoms with Gasteiger partial charge in [0.25, 0.3) is 0 Å². The van der Waals surface area contributed by atoms with Crippen LogP contribution in [0.4, 0.5) is 4.39 Å². The molecule has 0 bridgehead atoms. The second-order valence-electron chi connectivity index (χ2n) is 4.33. The maximum Gasteiger partial charge on any atom is 0.335 e. The van der Waals surface area contributed by atoms with Crippen LogP contribution in [0.2, 0.25) is 0 Å². The first-order valence-electron chi connectivity index (χ1n) is 5.86. The monoisotopic (exact) mass is 254 g/mol. The number of halogens is 1. The van der Waals surface area contributed by atoms with Gasteiger partial charge in [-0.25, -0.2) is 9.18 Å². The Morgan fingerprint density at radius 3 is 2.59 bits per heavy atom. The van der Waals surface area contributed by atoms with E-state index >= 15 is 0 Å². The SMILES string of the molecule is O=C(O)c1ccc(SC2CCCCC2)c(F)c1.